The second-order valence-electron chi connectivity index (χ2n) is 7.56. The Labute approximate surface area is 186 Å². The molecule has 0 aliphatic carbocycles. The van der Waals surface area contributed by atoms with E-state index in [9.17, 15) is 0 Å². The van der Waals surface area contributed by atoms with Crippen LogP contribution < -0.4 is 4.90 Å². The molecular weight excluding hydrogens is 400 g/mol. The number of nitrogens with zero attached hydrogens (tertiary/aromatic N) is 2. The van der Waals surface area contributed by atoms with Crippen molar-refractivity contribution in [3.8, 4) is 0 Å². The molecule has 2 aromatic rings. The predicted octanol–water partition coefficient (Wildman–Crippen LogP) is 3.89. The normalized spacial score (nSPS) is 15.7. The molecule has 2 aromatic carbocycles. The van der Waals surface area contributed by atoms with Crippen molar-refractivity contribution in [2.45, 2.75) is 50.7 Å². The van der Waals surface area contributed by atoms with Gasteiger partial charge in [-0.1, -0.05) is 61.9 Å². The van der Waals surface area contributed by atoms with Crippen molar-refractivity contribution in [1.82, 2.24) is 4.90 Å². The van der Waals surface area contributed by atoms with E-state index in [4.69, 9.17) is 16.3 Å². The number of halogens is 1. The number of ether oxygens (including phenoxy) is 1. The molecule has 1 saturated heterocycles. The molecule has 0 aromatic heterocycles. The SMILES string of the molecule is CCCCOCC(C(Cl)N1CCCC1)N(Cc1ccccc1)c1ccccc1.O.O. The zero-order valence-electron chi connectivity index (χ0n) is 18.0. The zero-order valence-corrected chi connectivity index (χ0v) is 18.7. The fourth-order valence-electron chi connectivity index (χ4n) is 3.80. The number of anilines is 1. The highest BCUT2D eigenvalue weighted by molar-refractivity contribution is 6.21. The van der Waals surface area contributed by atoms with Gasteiger partial charge in [0.15, 0.2) is 0 Å². The van der Waals surface area contributed by atoms with Gasteiger partial charge in [0.1, 0.15) is 5.50 Å². The third kappa shape index (κ3) is 7.56. The van der Waals surface area contributed by atoms with E-state index in [-0.39, 0.29) is 22.5 Å². The summed E-state index contributed by atoms with van der Waals surface area (Å²) < 4.78 is 6.10. The molecule has 4 N–H and O–H groups in total. The van der Waals surface area contributed by atoms with Gasteiger partial charge >= 0.3 is 0 Å². The standard InChI is InChI=1S/C24H33ClN2O.2H2O/c1-2-3-18-28-20-23(24(25)26-16-10-11-17-26)27(22-14-8-5-9-15-22)19-21-12-6-4-7-13-21;;/h4-9,12-15,23-24H,2-3,10-11,16-20H2,1H3;2*1H2. The van der Waals surface area contributed by atoms with Crippen molar-refractivity contribution in [2.75, 3.05) is 31.2 Å². The van der Waals surface area contributed by atoms with E-state index < -0.39 is 0 Å². The molecular formula is C24H37ClN2O3. The van der Waals surface area contributed by atoms with Crippen LogP contribution in [0.2, 0.25) is 0 Å². The summed E-state index contributed by atoms with van der Waals surface area (Å²) in [5, 5.41) is 0. The molecule has 5 nitrogen and oxygen atoms in total. The summed E-state index contributed by atoms with van der Waals surface area (Å²) in [6.07, 6.45) is 4.70. The minimum atomic E-state index is -0.0620. The molecule has 6 heteroatoms. The summed E-state index contributed by atoms with van der Waals surface area (Å²) >= 11 is 7.08. The smallest absolute Gasteiger partial charge is 0.108 e. The molecule has 2 atom stereocenters. The lowest BCUT2D eigenvalue weighted by molar-refractivity contribution is 0.0981. The fourth-order valence-corrected chi connectivity index (χ4v) is 4.20. The van der Waals surface area contributed by atoms with Gasteiger partial charge in [-0.05, 0) is 50.0 Å². The molecule has 0 saturated carbocycles. The van der Waals surface area contributed by atoms with Gasteiger partial charge in [0.2, 0.25) is 0 Å². The van der Waals surface area contributed by atoms with Crippen LogP contribution in [-0.2, 0) is 11.3 Å². The molecule has 1 aliphatic rings. The molecule has 1 heterocycles. The largest absolute Gasteiger partial charge is 0.412 e. The van der Waals surface area contributed by atoms with Gasteiger partial charge in [0.25, 0.3) is 0 Å². The first-order valence-corrected chi connectivity index (χ1v) is 11.0. The van der Waals surface area contributed by atoms with Crippen LogP contribution in [0.15, 0.2) is 60.7 Å². The maximum Gasteiger partial charge on any atom is 0.108 e. The van der Waals surface area contributed by atoms with Crippen molar-refractivity contribution >= 4 is 17.3 Å². The lowest BCUT2D eigenvalue weighted by Gasteiger charge is -2.39. The molecule has 1 aliphatic heterocycles. The van der Waals surface area contributed by atoms with E-state index in [1.165, 1.54) is 24.1 Å². The summed E-state index contributed by atoms with van der Waals surface area (Å²) in [6.45, 7) is 6.61. The molecule has 0 spiro atoms. The van der Waals surface area contributed by atoms with E-state index in [1.54, 1.807) is 0 Å². The van der Waals surface area contributed by atoms with E-state index in [0.717, 1.165) is 39.1 Å². The van der Waals surface area contributed by atoms with Gasteiger partial charge in [-0.3, -0.25) is 4.90 Å². The first-order valence-electron chi connectivity index (χ1n) is 10.6. The van der Waals surface area contributed by atoms with Crippen molar-refractivity contribution in [3.63, 3.8) is 0 Å². The van der Waals surface area contributed by atoms with Crippen LogP contribution in [0, 0.1) is 0 Å². The maximum atomic E-state index is 7.08. The first kappa shape index (κ1) is 26.4. The topological polar surface area (TPSA) is 78.7 Å². The highest BCUT2D eigenvalue weighted by Crippen LogP contribution is 2.27. The highest BCUT2D eigenvalue weighted by Gasteiger charge is 2.32. The zero-order chi connectivity index (χ0) is 19.6. The molecule has 3 rings (SSSR count). The average molecular weight is 437 g/mol. The lowest BCUT2D eigenvalue weighted by Crippen LogP contribution is -2.51. The second-order valence-corrected chi connectivity index (χ2v) is 8.01. The highest BCUT2D eigenvalue weighted by atomic mass is 35.5. The van der Waals surface area contributed by atoms with Gasteiger partial charge in [-0.15, -0.1) is 11.6 Å². The Morgan fingerprint density at radius 1 is 0.967 bits per heavy atom. The number of unbranched alkanes of at least 4 members (excludes halogenated alkanes) is 1. The third-order valence-corrected chi connectivity index (χ3v) is 5.99. The van der Waals surface area contributed by atoms with Crippen LogP contribution in [0.25, 0.3) is 0 Å². The number of hydrogen-bond acceptors (Lipinski definition) is 3. The number of hydrogen-bond donors (Lipinski definition) is 0. The minimum absolute atomic E-state index is 0. The van der Waals surface area contributed by atoms with Crippen molar-refractivity contribution in [2.24, 2.45) is 0 Å². The summed E-state index contributed by atoms with van der Waals surface area (Å²) in [6, 6.07) is 21.3. The Kier molecular flexibility index (Phi) is 12.7. The van der Waals surface area contributed by atoms with Gasteiger partial charge < -0.3 is 20.6 Å². The third-order valence-electron chi connectivity index (χ3n) is 5.42. The van der Waals surface area contributed by atoms with Crippen LogP contribution in [0.1, 0.15) is 38.2 Å². The maximum absolute atomic E-state index is 7.08. The van der Waals surface area contributed by atoms with Gasteiger partial charge in [-0.2, -0.15) is 0 Å². The summed E-state index contributed by atoms with van der Waals surface area (Å²) in [7, 11) is 0. The van der Waals surface area contributed by atoms with Crippen LogP contribution in [-0.4, -0.2) is 53.7 Å². The van der Waals surface area contributed by atoms with Crippen molar-refractivity contribution < 1.29 is 15.7 Å². The number of benzene rings is 2. The number of alkyl halides is 1. The van der Waals surface area contributed by atoms with E-state index in [1.807, 2.05) is 0 Å². The molecule has 1 fully saturated rings. The van der Waals surface area contributed by atoms with E-state index >= 15 is 0 Å². The Morgan fingerprint density at radius 2 is 1.57 bits per heavy atom. The molecule has 30 heavy (non-hydrogen) atoms. The van der Waals surface area contributed by atoms with Crippen LogP contribution in [0.5, 0.6) is 0 Å². The summed E-state index contributed by atoms with van der Waals surface area (Å²) in [5.41, 5.74) is 2.42. The number of para-hydroxylation sites is 1. The molecule has 2 unspecified atom stereocenters. The van der Waals surface area contributed by atoms with Crippen LogP contribution in [0.3, 0.4) is 0 Å². The second kappa shape index (κ2) is 14.4. The summed E-state index contributed by atoms with van der Waals surface area (Å²) in [4.78, 5) is 4.84. The number of rotatable bonds is 11. The van der Waals surface area contributed by atoms with Gasteiger partial charge in [0.05, 0.1) is 12.6 Å². The van der Waals surface area contributed by atoms with E-state index in [0.29, 0.717) is 6.61 Å². The first-order chi connectivity index (χ1) is 13.8. The Morgan fingerprint density at radius 3 is 2.17 bits per heavy atom. The molecule has 0 amide bonds. The molecule has 0 bridgehead atoms. The molecule has 0 radical (unpaired) electrons. The Hall–Kier alpha value is -1.63. The van der Waals surface area contributed by atoms with Crippen LogP contribution >= 0.6 is 11.6 Å². The van der Waals surface area contributed by atoms with Crippen LogP contribution in [0.4, 0.5) is 5.69 Å². The Balaban J connectivity index is 0.00000225. The number of likely N-dealkylation sites (tertiary alicyclic amines) is 1. The lowest BCUT2D eigenvalue weighted by atomic mass is 10.1. The van der Waals surface area contributed by atoms with Gasteiger partial charge in [-0.25, -0.2) is 0 Å². The van der Waals surface area contributed by atoms with Crippen molar-refractivity contribution in [3.05, 3.63) is 66.2 Å². The minimum Gasteiger partial charge on any atom is -0.412 e. The van der Waals surface area contributed by atoms with Crippen molar-refractivity contribution in [1.29, 1.82) is 0 Å². The fraction of sp³-hybridized carbons (Fsp3) is 0.500. The quantitative estimate of drug-likeness (QED) is 0.304. The predicted molar refractivity (Wildman–Crippen MR) is 126 cm³/mol. The summed E-state index contributed by atoms with van der Waals surface area (Å²) in [5.74, 6) is 0. The average Bonchev–Trinajstić information content (AvgIpc) is 3.28. The monoisotopic (exact) mass is 436 g/mol. The van der Waals surface area contributed by atoms with E-state index in [2.05, 4.69) is 77.4 Å². The molecule has 168 valence electrons. The Bertz CT molecular complexity index is 669. The van der Waals surface area contributed by atoms with Gasteiger partial charge in [0, 0.05) is 18.8 Å².